The molecule has 0 fully saturated rings. The Kier molecular flexibility index (Phi) is 182. The first-order valence-electron chi connectivity index (χ1n) is 0. The molecule has 0 aromatic rings. The fourth-order valence-electron chi connectivity index (χ4n) is 0. The van der Waals surface area contributed by atoms with Crippen LogP contribution in [0.3, 0.4) is 0 Å². The number of hydrogen-bond acceptors (Lipinski definition) is 1. The van der Waals surface area contributed by atoms with E-state index in [2.05, 4.69) is 0 Å². The average molecular weight is 279 g/mol. The van der Waals surface area contributed by atoms with Gasteiger partial charge in [0.1, 0.15) is 0 Å². The molecule has 0 aromatic heterocycles. The molecule has 25 valence electrons. The molecule has 3 radical (unpaired) electrons. The Morgan fingerprint density at radius 2 is 1.00 bits per heavy atom. The minimum Gasteiger partial charge on any atom is -0.344 e. The minimum atomic E-state index is 0. The third-order valence-electron chi connectivity index (χ3n) is 0. The van der Waals surface area contributed by atoms with Crippen molar-refractivity contribution in [3.8, 4) is 0 Å². The molecule has 0 bridgehead atoms. The van der Waals surface area contributed by atoms with Crippen molar-refractivity contribution in [3.63, 3.8) is 0 Å². The summed E-state index contributed by atoms with van der Waals surface area (Å²) in [5.41, 5.74) is 0. The molecule has 0 spiro atoms. The zero-order valence-corrected chi connectivity index (χ0v) is 6.86. The first-order chi connectivity index (χ1) is 0. The standard InChI is InChI=1S/B.H3N.Nd.Pd/h;1H3;;. The summed E-state index contributed by atoms with van der Waals surface area (Å²) in [5, 5.41) is 0. The van der Waals surface area contributed by atoms with Crippen molar-refractivity contribution in [1.29, 1.82) is 0 Å². The Balaban J connectivity index is 0. The third-order valence-corrected chi connectivity index (χ3v) is 0. The van der Waals surface area contributed by atoms with Crippen LogP contribution in [0, 0.1) is 40.8 Å². The molecule has 0 aromatic carbocycles. The molecule has 0 unspecified atom stereocenters. The van der Waals surface area contributed by atoms with E-state index in [1.165, 1.54) is 0 Å². The minimum absolute atomic E-state index is 0. The zero-order chi connectivity index (χ0) is 0. The van der Waals surface area contributed by atoms with E-state index in [9.17, 15) is 0 Å². The van der Waals surface area contributed by atoms with Gasteiger partial charge in [-0.3, -0.25) is 0 Å². The molecule has 0 rings (SSSR count). The Morgan fingerprint density at radius 1 is 1.00 bits per heavy atom. The van der Waals surface area contributed by atoms with Gasteiger partial charge >= 0.3 is 0 Å². The quantitative estimate of drug-likeness (QED) is 0.611. The van der Waals surface area contributed by atoms with Gasteiger partial charge in [-0.05, 0) is 0 Å². The van der Waals surface area contributed by atoms with Crippen LogP contribution in [-0.4, -0.2) is 8.41 Å². The van der Waals surface area contributed by atoms with E-state index >= 15 is 0 Å². The van der Waals surface area contributed by atoms with Crippen molar-refractivity contribution >= 4 is 8.41 Å². The number of rotatable bonds is 0. The summed E-state index contributed by atoms with van der Waals surface area (Å²) in [4.78, 5) is 0. The van der Waals surface area contributed by atoms with Crippen LogP contribution >= 0.6 is 0 Å². The van der Waals surface area contributed by atoms with E-state index in [4.69, 9.17) is 0 Å². The van der Waals surface area contributed by atoms with Crippen molar-refractivity contribution in [2.75, 3.05) is 0 Å². The molecule has 3 N–H and O–H groups in total. The van der Waals surface area contributed by atoms with Crippen LogP contribution in [0.2, 0.25) is 0 Å². The van der Waals surface area contributed by atoms with Crippen molar-refractivity contribution in [3.05, 3.63) is 0 Å². The normalized spacial score (nSPS) is 0. The summed E-state index contributed by atoms with van der Waals surface area (Å²) in [6.45, 7) is 0. The second-order valence-corrected chi connectivity index (χ2v) is 0. The van der Waals surface area contributed by atoms with Crippen LogP contribution in [0.1, 0.15) is 0 Å². The number of hydrogen-bond donors (Lipinski definition) is 1. The van der Waals surface area contributed by atoms with E-state index in [0.29, 0.717) is 0 Å². The summed E-state index contributed by atoms with van der Waals surface area (Å²) in [7, 11) is 0. The SMILES string of the molecule is N.[B].[Nd].[Pd]. The van der Waals surface area contributed by atoms with Crippen LogP contribution in [0.25, 0.3) is 0 Å². The van der Waals surface area contributed by atoms with E-state index in [0.717, 1.165) is 0 Å². The monoisotopic (exact) mass is 276 g/mol. The molecule has 0 aliphatic heterocycles. The molecule has 0 saturated heterocycles. The van der Waals surface area contributed by atoms with E-state index in [1.54, 1.807) is 0 Å². The van der Waals surface area contributed by atoms with E-state index < -0.39 is 0 Å². The summed E-state index contributed by atoms with van der Waals surface area (Å²) < 4.78 is 0. The Morgan fingerprint density at radius 3 is 1.00 bits per heavy atom. The van der Waals surface area contributed by atoms with Crippen molar-refractivity contribution in [2.24, 2.45) is 0 Å². The smallest absolute Gasteiger partial charge is 0 e. The van der Waals surface area contributed by atoms with E-state index in [-0.39, 0.29) is 75.8 Å². The summed E-state index contributed by atoms with van der Waals surface area (Å²) in [6, 6.07) is 0. The first kappa shape index (κ1) is 36.9. The van der Waals surface area contributed by atoms with Gasteiger partial charge in [0.15, 0.2) is 0 Å². The molecule has 4 heavy (non-hydrogen) atoms. The Hall–Kier alpha value is 2.04. The fourth-order valence-corrected chi connectivity index (χ4v) is 0. The average Bonchev–Trinajstić information content (AvgIpc) is 0. The van der Waals surface area contributed by atoms with Gasteiger partial charge in [-0.2, -0.15) is 0 Å². The molecule has 0 amide bonds. The van der Waals surface area contributed by atoms with Gasteiger partial charge in [-0.15, -0.1) is 0 Å². The van der Waals surface area contributed by atoms with Gasteiger partial charge in [0.25, 0.3) is 0 Å². The van der Waals surface area contributed by atoms with Crippen LogP contribution in [0.4, 0.5) is 0 Å². The van der Waals surface area contributed by atoms with Crippen molar-refractivity contribution < 1.29 is 61.3 Å². The summed E-state index contributed by atoms with van der Waals surface area (Å²) in [6.07, 6.45) is 0. The Labute approximate surface area is 74.6 Å². The van der Waals surface area contributed by atoms with Crippen molar-refractivity contribution in [2.45, 2.75) is 0 Å². The molecule has 0 saturated carbocycles. The predicted molar refractivity (Wildman–Crippen MR) is 10.8 cm³/mol. The van der Waals surface area contributed by atoms with E-state index in [1.807, 2.05) is 0 Å². The maximum absolute atomic E-state index is 0. The van der Waals surface area contributed by atoms with Gasteiger partial charge < -0.3 is 6.15 Å². The van der Waals surface area contributed by atoms with Crippen molar-refractivity contribution in [1.82, 2.24) is 6.15 Å². The van der Waals surface area contributed by atoms with Gasteiger partial charge in [0.05, 0.1) is 0 Å². The predicted octanol–water partition coefficient (Wildman–Crippen LogP) is -0.221. The van der Waals surface area contributed by atoms with Gasteiger partial charge in [0, 0.05) is 69.7 Å². The van der Waals surface area contributed by atoms with Crippen LogP contribution in [0.5, 0.6) is 0 Å². The maximum Gasteiger partial charge on any atom is 0 e. The molecule has 1 nitrogen and oxygen atoms in total. The van der Waals surface area contributed by atoms with Gasteiger partial charge in [-0.1, -0.05) is 0 Å². The molecule has 0 aliphatic rings. The van der Waals surface area contributed by atoms with Gasteiger partial charge in [0.2, 0.25) is 0 Å². The van der Waals surface area contributed by atoms with Crippen LogP contribution in [-0.2, 0) is 20.4 Å². The largest absolute Gasteiger partial charge is 0.344 e. The fraction of sp³-hybridized carbons (Fsp3) is 0. The molecule has 4 heteroatoms. The third kappa shape index (κ3) is 8.97. The zero-order valence-electron chi connectivity index (χ0n) is 2.10. The van der Waals surface area contributed by atoms with Gasteiger partial charge in [-0.25, -0.2) is 0 Å². The maximum atomic E-state index is 0. The molecular formula is H3BNNdPd. The summed E-state index contributed by atoms with van der Waals surface area (Å²) in [5.74, 6) is 0. The topological polar surface area (TPSA) is 35.0 Å². The first-order valence-corrected chi connectivity index (χ1v) is 0. The molecule has 0 atom stereocenters. The second-order valence-electron chi connectivity index (χ2n) is 0. The molecular weight excluding hydrogens is 275 g/mol. The second kappa shape index (κ2) is 19.8. The van der Waals surface area contributed by atoms with Crippen LogP contribution < -0.4 is 6.15 Å². The molecule has 0 aliphatic carbocycles. The summed E-state index contributed by atoms with van der Waals surface area (Å²) >= 11 is 0. The molecule has 0 heterocycles. The van der Waals surface area contributed by atoms with Crippen LogP contribution in [0.15, 0.2) is 0 Å². The Bertz CT molecular complexity index is 8.00.